The van der Waals surface area contributed by atoms with Crippen LogP contribution in [0.5, 0.6) is 5.75 Å². The summed E-state index contributed by atoms with van der Waals surface area (Å²) in [6.45, 7) is 0.616. The summed E-state index contributed by atoms with van der Waals surface area (Å²) in [5.74, 6) is 1.16. The molecule has 0 saturated heterocycles. The number of nitrogens with two attached hydrogens (primary N) is 1. The van der Waals surface area contributed by atoms with Crippen LogP contribution >= 0.6 is 11.6 Å². The van der Waals surface area contributed by atoms with Crippen LogP contribution in [0.15, 0.2) is 53.5 Å². The Hall–Kier alpha value is -2.20. The summed E-state index contributed by atoms with van der Waals surface area (Å²) in [5.41, 5.74) is 7.89. The van der Waals surface area contributed by atoms with Crippen molar-refractivity contribution in [3.8, 4) is 5.75 Å². The molecule has 0 radical (unpaired) electrons. The maximum absolute atomic E-state index is 5.86. The molecule has 0 amide bonds. The number of aliphatic imine (C=N–C) groups is 1. The summed E-state index contributed by atoms with van der Waals surface area (Å²) < 4.78 is 5.15. The van der Waals surface area contributed by atoms with E-state index in [1.165, 1.54) is 5.56 Å². The second-order valence-electron chi connectivity index (χ2n) is 4.50. The van der Waals surface area contributed by atoms with Gasteiger partial charge in [0.1, 0.15) is 5.75 Å². The average molecular weight is 304 g/mol. The Morgan fingerprint density at radius 3 is 2.71 bits per heavy atom. The van der Waals surface area contributed by atoms with Gasteiger partial charge in [0.25, 0.3) is 0 Å². The predicted molar refractivity (Wildman–Crippen MR) is 88.3 cm³/mol. The molecule has 0 unspecified atom stereocenters. The fourth-order valence-electron chi connectivity index (χ4n) is 1.84. The fourth-order valence-corrected chi connectivity index (χ4v) is 1.97. The number of methoxy groups -OCH3 is 1. The van der Waals surface area contributed by atoms with E-state index >= 15 is 0 Å². The summed E-state index contributed by atoms with van der Waals surface area (Å²) in [7, 11) is 1.63. The molecule has 21 heavy (non-hydrogen) atoms. The van der Waals surface area contributed by atoms with Crippen LogP contribution in [0.3, 0.4) is 0 Å². The zero-order valence-corrected chi connectivity index (χ0v) is 12.6. The summed E-state index contributed by atoms with van der Waals surface area (Å²) >= 11 is 5.84. The number of nitrogens with one attached hydrogen (secondary N) is 1. The lowest BCUT2D eigenvalue weighted by molar-refractivity contribution is 0.415. The second kappa shape index (κ2) is 7.55. The highest BCUT2D eigenvalue weighted by Crippen LogP contribution is 2.16. The smallest absolute Gasteiger partial charge is 0.193 e. The third kappa shape index (κ3) is 5.00. The molecule has 0 bridgehead atoms. The monoisotopic (exact) mass is 303 g/mol. The van der Waals surface area contributed by atoms with E-state index in [1.54, 1.807) is 7.11 Å². The Kier molecular flexibility index (Phi) is 5.46. The van der Waals surface area contributed by atoms with E-state index in [-0.39, 0.29) is 0 Å². The molecule has 0 heterocycles. The first kappa shape index (κ1) is 15.2. The molecule has 0 spiro atoms. The number of ether oxygens (including phenoxy) is 1. The molecular formula is C16H18ClN3O. The van der Waals surface area contributed by atoms with Gasteiger partial charge in [-0.05, 0) is 36.2 Å². The minimum Gasteiger partial charge on any atom is -0.497 e. The molecule has 0 saturated carbocycles. The van der Waals surface area contributed by atoms with Gasteiger partial charge in [0.05, 0.1) is 7.11 Å². The van der Waals surface area contributed by atoms with Crippen molar-refractivity contribution in [1.82, 2.24) is 0 Å². The standard InChI is InChI=1S/C16H18ClN3O/c1-21-15-4-2-3-14(11-15)20-16(18)19-10-9-12-5-7-13(17)8-6-12/h2-8,11H,9-10H2,1H3,(H3,18,19,20). The van der Waals surface area contributed by atoms with Gasteiger partial charge in [0, 0.05) is 23.3 Å². The highest BCUT2D eigenvalue weighted by Gasteiger charge is 1.98. The van der Waals surface area contributed by atoms with E-state index in [0.717, 1.165) is 22.9 Å². The van der Waals surface area contributed by atoms with Crippen molar-refractivity contribution in [3.63, 3.8) is 0 Å². The lowest BCUT2D eigenvalue weighted by atomic mass is 10.1. The zero-order chi connectivity index (χ0) is 15.1. The van der Waals surface area contributed by atoms with Gasteiger partial charge >= 0.3 is 0 Å². The van der Waals surface area contributed by atoms with E-state index < -0.39 is 0 Å². The van der Waals surface area contributed by atoms with Crippen LogP contribution in [-0.4, -0.2) is 19.6 Å². The molecule has 0 aliphatic rings. The van der Waals surface area contributed by atoms with Crippen molar-refractivity contribution in [2.75, 3.05) is 19.0 Å². The van der Waals surface area contributed by atoms with Crippen LogP contribution in [0.4, 0.5) is 5.69 Å². The number of anilines is 1. The molecular weight excluding hydrogens is 286 g/mol. The molecule has 2 aromatic rings. The molecule has 0 aliphatic carbocycles. The van der Waals surface area contributed by atoms with Crippen molar-refractivity contribution >= 4 is 23.2 Å². The van der Waals surface area contributed by atoms with Gasteiger partial charge in [0.15, 0.2) is 5.96 Å². The Bertz CT molecular complexity index is 611. The number of rotatable bonds is 5. The Morgan fingerprint density at radius 1 is 1.24 bits per heavy atom. The van der Waals surface area contributed by atoms with Crippen molar-refractivity contribution in [2.45, 2.75) is 6.42 Å². The number of nitrogens with zero attached hydrogens (tertiary/aromatic N) is 1. The van der Waals surface area contributed by atoms with Crippen LogP contribution in [0, 0.1) is 0 Å². The fraction of sp³-hybridized carbons (Fsp3) is 0.188. The van der Waals surface area contributed by atoms with Gasteiger partial charge in [-0.3, -0.25) is 4.99 Å². The van der Waals surface area contributed by atoms with Crippen LogP contribution < -0.4 is 15.8 Å². The minimum absolute atomic E-state index is 0.386. The number of guanidine groups is 1. The zero-order valence-electron chi connectivity index (χ0n) is 11.8. The lowest BCUT2D eigenvalue weighted by Gasteiger charge is -2.07. The topological polar surface area (TPSA) is 59.6 Å². The van der Waals surface area contributed by atoms with E-state index in [9.17, 15) is 0 Å². The molecule has 4 nitrogen and oxygen atoms in total. The molecule has 5 heteroatoms. The number of halogens is 1. The third-order valence-electron chi connectivity index (χ3n) is 2.94. The molecule has 0 fully saturated rings. The maximum atomic E-state index is 5.86. The van der Waals surface area contributed by atoms with Crippen LogP contribution in [0.1, 0.15) is 5.56 Å². The van der Waals surface area contributed by atoms with Crippen molar-refractivity contribution in [2.24, 2.45) is 10.7 Å². The largest absolute Gasteiger partial charge is 0.497 e. The Morgan fingerprint density at radius 2 is 2.00 bits per heavy atom. The van der Waals surface area contributed by atoms with Crippen LogP contribution in [-0.2, 0) is 6.42 Å². The van der Waals surface area contributed by atoms with Gasteiger partial charge in [0.2, 0.25) is 0 Å². The maximum Gasteiger partial charge on any atom is 0.193 e. The van der Waals surface area contributed by atoms with E-state index in [1.807, 2.05) is 48.5 Å². The molecule has 0 aliphatic heterocycles. The lowest BCUT2D eigenvalue weighted by Crippen LogP contribution is -2.23. The Labute approximate surface area is 129 Å². The third-order valence-corrected chi connectivity index (χ3v) is 3.19. The molecule has 3 N–H and O–H groups in total. The molecule has 2 aromatic carbocycles. The van der Waals surface area contributed by atoms with Crippen LogP contribution in [0.25, 0.3) is 0 Å². The summed E-state index contributed by atoms with van der Waals surface area (Å²) in [6, 6.07) is 15.3. The first-order valence-electron chi connectivity index (χ1n) is 6.63. The van der Waals surface area contributed by atoms with E-state index in [4.69, 9.17) is 22.1 Å². The quantitative estimate of drug-likeness (QED) is 0.658. The summed E-state index contributed by atoms with van der Waals surface area (Å²) in [5, 5.41) is 3.78. The first-order chi connectivity index (χ1) is 10.2. The Balaban J connectivity index is 1.87. The summed E-state index contributed by atoms with van der Waals surface area (Å²) in [4.78, 5) is 4.30. The first-order valence-corrected chi connectivity index (χ1v) is 7.00. The molecule has 0 atom stereocenters. The number of benzene rings is 2. The number of hydrogen-bond donors (Lipinski definition) is 2. The molecule has 2 rings (SSSR count). The molecule has 0 aromatic heterocycles. The van der Waals surface area contributed by atoms with Gasteiger partial charge in [-0.15, -0.1) is 0 Å². The van der Waals surface area contributed by atoms with Gasteiger partial charge in [-0.2, -0.15) is 0 Å². The number of hydrogen-bond acceptors (Lipinski definition) is 2. The normalized spacial score (nSPS) is 11.2. The van der Waals surface area contributed by atoms with Gasteiger partial charge in [-0.1, -0.05) is 29.8 Å². The van der Waals surface area contributed by atoms with E-state index in [2.05, 4.69) is 10.3 Å². The van der Waals surface area contributed by atoms with Crippen molar-refractivity contribution < 1.29 is 4.74 Å². The van der Waals surface area contributed by atoms with Gasteiger partial charge in [-0.25, -0.2) is 0 Å². The highest BCUT2D eigenvalue weighted by molar-refractivity contribution is 6.30. The highest BCUT2D eigenvalue weighted by atomic mass is 35.5. The minimum atomic E-state index is 0.386. The summed E-state index contributed by atoms with van der Waals surface area (Å²) in [6.07, 6.45) is 0.817. The van der Waals surface area contributed by atoms with Crippen molar-refractivity contribution in [1.29, 1.82) is 0 Å². The van der Waals surface area contributed by atoms with Crippen LogP contribution in [0.2, 0.25) is 5.02 Å². The SMILES string of the molecule is COc1cccc(NC(N)=NCCc2ccc(Cl)cc2)c1. The van der Waals surface area contributed by atoms with Crippen molar-refractivity contribution in [3.05, 3.63) is 59.1 Å². The second-order valence-corrected chi connectivity index (χ2v) is 4.94. The average Bonchev–Trinajstić information content (AvgIpc) is 2.49. The predicted octanol–water partition coefficient (Wildman–Crippen LogP) is 3.32. The van der Waals surface area contributed by atoms with Gasteiger partial charge < -0.3 is 15.8 Å². The molecule has 110 valence electrons. The van der Waals surface area contributed by atoms with E-state index in [0.29, 0.717) is 12.5 Å².